The quantitative estimate of drug-likeness (QED) is 0.654. The molecule has 1 aliphatic heterocycles. The van der Waals surface area contributed by atoms with Crippen LogP contribution in [0.4, 0.5) is 0 Å². The number of thiocarbonyl (C=S) groups is 1. The van der Waals surface area contributed by atoms with Gasteiger partial charge in [0.15, 0.2) is 0 Å². The Labute approximate surface area is 147 Å². The van der Waals surface area contributed by atoms with Gasteiger partial charge in [0, 0.05) is 12.2 Å². The van der Waals surface area contributed by atoms with Crippen LogP contribution in [0.25, 0.3) is 11.7 Å². The molecule has 0 atom stereocenters. The monoisotopic (exact) mass is 361 g/mol. The molecule has 1 fully saturated rings. The molecule has 1 amide bonds. The Hall–Kier alpha value is -2.19. The summed E-state index contributed by atoms with van der Waals surface area (Å²) < 4.78 is 1.79. The molecule has 3 heterocycles. The van der Waals surface area contributed by atoms with Gasteiger partial charge < -0.3 is 5.11 Å². The molecule has 0 bridgehead atoms. The first-order valence-corrected chi connectivity index (χ1v) is 8.51. The van der Waals surface area contributed by atoms with E-state index in [1.165, 1.54) is 15.4 Å². The third-order valence-corrected chi connectivity index (χ3v) is 4.93. The second kappa shape index (κ2) is 6.03. The number of carbonyl (C=O) groups is 1. The number of nitrogens with zero attached hydrogens (tertiary/aromatic N) is 3. The number of rotatable bonds is 2. The van der Waals surface area contributed by atoms with Crippen LogP contribution in [0.15, 0.2) is 28.0 Å². The molecular formula is C16H15N3O3S2. The van der Waals surface area contributed by atoms with Gasteiger partial charge >= 0.3 is 0 Å². The lowest BCUT2D eigenvalue weighted by Gasteiger charge is -2.18. The average molecular weight is 361 g/mol. The maximum Gasteiger partial charge on any atom is 0.269 e. The molecule has 2 aromatic heterocycles. The summed E-state index contributed by atoms with van der Waals surface area (Å²) in [5.74, 6) is -0.674. The zero-order valence-electron chi connectivity index (χ0n) is 13.3. The molecule has 0 aromatic carbocycles. The largest absolute Gasteiger partial charge is 0.493 e. The first kappa shape index (κ1) is 16.7. The lowest BCUT2D eigenvalue weighted by Crippen LogP contribution is -2.34. The van der Waals surface area contributed by atoms with E-state index in [2.05, 4.69) is 4.98 Å². The fourth-order valence-corrected chi connectivity index (χ4v) is 3.94. The van der Waals surface area contributed by atoms with Crippen LogP contribution in [-0.4, -0.2) is 35.7 Å². The van der Waals surface area contributed by atoms with Crippen LogP contribution in [0, 0.1) is 6.92 Å². The van der Waals surface area contributed by atoms with Gasteiger partial charge in [-0.1, -0.05) is 30.0 Å². The first-order valence-electron chi connectivity index (χ1n) is 7.28. The summed E-state index contributed by atoms with van der Waals surface area (Å²) >= 11 is 6.33. The molecule has 1 saturated heterocycles. The summed E-state index contributed by atoms with van der Waals surface area (Å²) in [5.41, 5.74) is 0.766. The van der Waals surface area contributed by atoms with Crippen LogP contribution in [0.1, 0.15) is 25.0 Å². The summed E-state index contributed by atoms with van der Waals surface area (Å²) in [6.07, 6.45) is 3.00. The second-order valence-corrected chi connectivity index (χ2v) is 7.41. The summed E-state index contributed by atoms with van der Waals surface area (Å²) in [6, 6.07) is 3.38. The second-order valence-electron chi connectivity index (χ2n) is 5.73. The van der Waals surface area contributed by atoms with Crippen molar-refractivity contribution < 1.29 is 9.90 Å². The molecular weight excluding hydrogens is 346 g/mol. The van der Waals surface area contributed by atoms with Crippen LogP contribution < -0.4 is 5.56 Å². The van der Waals surface area contributed by atoms with Crippen molar-refractivity contribution in [2.75, 3.05) is 0 Å². The van der Waals surface area contributed by atoms with E-state index in [4.69, 9.17) is 12.2 Å². The Morgan fingerprint density at radius 2 is 2.04 bits per heavy atom. The van der Waals surface area contributed by atoms with Crippen molar-refractivity contribution in [3.05, 3.63) is 44.7 Å². The summed E-state index contributed by atoms with van der Waals surface area (Å²) in [6.45, 7) is 5.58. The molecule has 3 rings (SSSR count). The SMILES string of the molecule is Cc1ccc2nc(O)c(/C=C3\SC(=S)N(C(C)C)C3=O)c(=O)n2c1. The predicted octanol–water partition coefficient (Wildman–Crippen LogP) is 2.32. The number of fused-ring (bicyclic) bond motifs is 1. The molecule has 2 aromatic rings. The Morgan fingerprint density at radius 1 is 1.33 bits per heavy atom. The molecule has 0 spiro atoms. The highest BCUT2D eigenvalue weighted by Crippen LogP contribution is 2.34. The first-order chi connectivity index (χ1) is 11.3. The van der Waals surface area contributed by atoms with Gasteiger partial charge in [0.05, 0.1) is 4.91 Å². The van der Waals surface area contributed by atoms with Gasteiger partial charge in [-0.05, 0) is 38.5 Å². The summed E-state index contributed by atoms with van der Waals surface area (Å²) in [7, 11) is 0. The van der Waals surface area contributed by atoms with Gasteiger partial charge in [-0.25, -0.2) is 0 Å². The fourth-order valence-electron chi connectivity index (χ4n) is 2.43. The lowest BCUT2D eigenvalue weighted by atomic mass is 10.2. The molecule has 0 radical (unpaired) electrons. The third-order valence-electron chi connectivity index (χ3n) is 3.60. The number of aryl methyl sites for hydroxylation is 1. The van der Waals surface area contributed by atoms with Gasteiger partial charge in [0.25, 0.3) is 11.5 Å². The highest BCUT2D eigenvalue weighted by Gasteiger charge is 2.34. The van der Waals surface area contributed by atoms with E-state index in [0.29, 0.717) is 14.9 Å². The Morgan fingerprint density at radius 3 is 2.67 bits per heavy atom. The number of hydrogen-bond acceptors (Lipinski definition) is 6. The minimum atomic E-state index is -0.434. The summed E-state index contributed by atoms with van der Waals surface area (Å²) in [5, 5.41) is 10.1. The Kier molecular flexibility index (Phi) is 4.18. The van der Waals surface area contributed by atoms with Crippen molar-refractivity contribution in [2.24, 2.45) is 0 Å². The van der Waals surface area contributed by atoms with Crippen molar-refractivity contribution >= 4 is 45.9 Å². The lowest BCUT2D eigenvalue weighted by molar-refractivity contribution is -0.123. The number of hydrogen-bond donors (Lipinski definition) is 1. The van der Waals surface area contributed by atoms with E-state index in [1.54, 1.807) is 18.3 Å². The predicted molar refractivity (Wildman–Crippen MR) is 98.0 cm³/mol. The smallest absolute Gasteiger partial charge is 0.269 e. The fraction of sp³-hybridized carbons (Fsp3) is 0.250. The Bertz CT molecular complexity index is 963. The topological polar surface area (TPSA) is 74.9 Å². The van der Waals surface area contributed by atoms with Gasteiger partial charge in [-0.15, -0.1) is 0 Å². The van der Waals surface area contributed by atoms with E-state index in [9.17, 15) is 14.7 Å². The normalized spacial score (nSPS) is 16.8. The van der Waals surface area contributed by atoms with Crippen LogP contribution >= 0.6 is 24.0 Å². The van der Waals surface area contributed by atoms with E-state index in [-0.39, 0.29) is 17.5 Å². The third kappa shape index (κ3) is 2.71. The van der Waals surface area contributed by atoms with Crippen molar-refractivity contribution in [3.8, 4) is 5.88 Å². The number of aromatic hydroxyl groups is 1. The molecule has 1 N–H and O–H groups in total. The molecule has 0 unspecified atom stereocenters. The van der Waals surface area contributed by atoms with Crippen LogP contribution in [0.5, 0.6) is 5.88 Å². The van der Waals surface area contributed by atoms with Gasteiger partial charge in [0.1, 0.15) is 15.5 Å². The number of thioether (sulfide) groups is 1. The number of pyridine rings is 1. The molecule has 124 valence electrons. The highest BCUT2D eigenvalue weighted by molar-refractivity contribution is 8.26. The minimum absolute atomic E-state index is 0.0256. The maximum atomic E-state index is 12.6. The van der Waals surface area contributed by atoms with Crippen molar-refractivity contribution in [3.63, 3.8) is 0 Å². The molecule has 6 nitrogen and oxygen atoms in total. The van der Waals surface area contributed by atoms with Crippen molar-refractivity contribution in [1.82, 2.24) is 14.3 Å². The molecule has 0 aliphatic carbocycles. The van der Waals surface area contributed by atoms with Crippen LogP contribution in [-0.2, 0) is 4.79 Å². The maximum absolute atomic E-state index is 12.6. The zero-order chi connectivity index (χ0) is 17.6. The van der Waals surface area contributed by atoms with Gasteiger partial charge in [-0.2, -0.15) is 4.98 Å². The van der Waals surface area contributed by atoms with Crippen LogP contribution in [0.3, 0.4) is 0 Å². The van der Waals surface area contributed by atoms with E-state index < -0.39 is 11.4 Å². The number of aromatic nitrogens is 2. The average Bonchev–Trinajstić information content (AvgIpc) is 2.78. The van der Waals surface area contributed by atoms with E-state index >= 15 is 0 Å². The highest BCUT2D eigenvalue weighted by atomic mass is 32.2. The van der Waals surface area contributed by atoms with Gasteiger partial charge in [0.2, 0.25) is 5.88 Å². The summed E-state index contributed by atoms with van der Waals surface area (Å²) in [4.78, 5) is 30.9. The zero-order valence-corrected chi connectivity index (χ0v) is 14.9. The van der Waals surface area contributed by atoms with E-state index in [0.717, 1.165) is 17.3 Å². The molecule has 24 heavy (non-hydrogen) atoms. The van der Waals surface area contributed by atoms with Crippen molar-refractivity contribution in [1.29, 1.82) is 0 Å². The van der Waals surface area contributed by atoms with E-state index in [1.807, 2.05) is 20.8 Å². The molecule has 8 heteroatoms. The van der Waals surface area contributed by atoms with Crippen molar-refractivity contribution in [2.45, 2.75) is 26.8 Å². The standard InChI is InChI=1S/C16H15N3O3S2/c1-8(2)19-15(22)11(24-16(19)23)6-10-13(20)17-12-5-4-9(3)7-18(12)14(10)21/h4-8,20H,1-3H3/b11-6-. The van der Waals surface area contributed by atoms with Gasteiger partial charge in [-0.3, -0.25) is 18.9 Å². The number of carbonyl (C=O) groups excluding carboxylic acids is 1. The minimum Gasteiger partial charge on any atom is -0.493 e. The van der Waals surface area contributed by atoms with Crippen LogP contribution in [0.2, 0.25) is 0 Å². The molecule has 0 saturated carbocycles. The Balaban J connectivity index is 2.16. The molecule has 1 aliphatic rings. The number of amides is 1.